The fraction of sp³-hybridized carbons (Fsp3) is 0.357. The molecule has 92 valence electrons. The molecule has 0 unspecified atom stereocenters. The maximum Gasteiger partial charge on any atom is 0.338 e. The molecule has 1 N–H and O–H groups in total. The summed E-state index contributed by atoms with van der Waals surface area (Å²) in [4.78, 5) is 11.8. The number of rotatable bonds is 3. The average Bonchev–Trinajstić information content (AvgIpc) is 2.25. The summed E-state index contributed by atoms with van der Waals surface area (Å²) in [7, 11) is 0. The second-order valence-electron chi connectivity index (χ2n) is 4.80. The van der Waals surface area contributed by atoms with Gasteiger partial charge in [0.2, 0.25) is 0 Å². The third-order valence-corrected chi connectivity index (χ3v) is 2.16. The van der Waals surface area contributed by atoms with Crippen LogP contribution in [0.25, 0.3) is 5.57 Å². The Bertz CT molecular complexity index is 427. The predicted octanol–water partition coefficient (Wildman–Crippen LogP) is 2.53. The largest absolute Gasteiger partial charge is 0.456 e. The van der Waals surface area contributed by atoms with Crippen LogP contribution in [0.5, 0.6) is 0 Å². The Balaban J connectivity index is 2.93. The molecular weight excluding hydrogens is 216 g/mol. The van der Waals surface area contributed by atoms with Gasteiger partial charge in [-0.15, -0.1) is 0 Å². The minimum absolute atomic E-state index is 0.127. The van der Waals surface area contributed by atoms with Gasteiger partial charge in [-0.3, -0.25) is 0 Å². The molecule has 3 nitrogen and oxygen atoms in total. The molecule has 0 spiro atoms. The van der Waals surface area contributed by atoms with Crippen LogP contribution in [0.3, 0.4) is 0 Å². The summed E-state index contributed by atoms with van der Waals surface area (Å²) in [6, 6.07) is 7.10. The quantitative estimate of drug-likeness (QED) is 0.645. The summed E-state index contributed by atoms with van der Waals surface area (Å²) in [6.45, 7) is 9.01. The maximum absolute atomic E-state index is 11.8. The summed E-state index contributed by atoms with van der Waals surface area (Å²) >= 11 is 0. The van der Waals surface area contributed by atoms with Crippen LogP contribution in [0, 0.1) is 0 Å². The Morgan fingerprint density at radius 2 is 1.94 bits per heavy atom. The van der Waals surface area contributed by atoms with Gasteiger partial charge in [0.1, 0.15) is 5.60 Å². The molecule has 0 radical (unpaired) electrons. The average molecular weight is 234 g/mol. The van der Waals surface area contributed by atoms with Gasteiger partial charge in [0, 0.05) is 0 Å². The normalized spacial score (nSPS) is 11.1. The molecule has 1 aromatic carbocycles. The van der Waals surface area contributed by atoms with Gasteiger partial charge in [-0.2, -0.15) is 0 Å². The van der Waals surface area contributed by atoms with Crippen molar-refractivity contribution in [3.8, 4) is 0 Å². The van der Waals surface area contributed by atoms with Crippen molar-refractivity contribution in [1.29, 1.82) is 0 Å². The number of hydrogen-bond donors (Lipinski definition) is 1. The Labute approximate surface area is 102 Å². The van der Waals surface area contributed by atoms with E-state index in [9.17, 15) is 9.90 Å². The van der Waals surface area contributed by atoms with Crippen molar-refractivity contribution in [2.75, 3.05) is 0 Å². The lowest BCUT2D eigenvalue weighted by Crippen LogP contribution is -2.24. The molecule has 0 aliphatic rings. The van der Waals surface area contributed by atoms with E-state index in [0.29, 0.717) is 11.1 Å². The van der Waals surface area contributed by atoms with E-state index in [-0.39, 0.29) is 12.2 Å². The van der Waals surface area contributed by atoms with Crippen LogP contribution in [0.15, 0.2) is 30.8 Å². The minimum Gasteiger partial charge on any atom is -0.456 e. The van der Waals surface area contributed by atoms with Crippen molar-refractivity contribution < 1.29 is 14.6 Å². The fourth-order valence-corrected chi connectivity index (χ4v) is 1.40. The van der Waals surface area contributed by atoms with Crippen molar-refractivity contribution in [2.24, 2.45) is 0 Å². The Morgan fingerprint density at radius 3 is 2.47 bits per heavy atom. The highest BCUT2D eigenvalue weighted by molar-refractivity contribution is 6.16. The molecule has 0 aliphatic carbocycles. The molecule has 17 heavy (non-hydrogen) atoms. The molecule has 0 saturated carbocycles. The van der Waals surface area contributed by atoms with E-state index in [1.165, 1.54) is 0 Å². The molecule has 1 rings (SSSR count). The van der Waals surface area contributed by atoms with Crippen molar-refractivity contribution in [3.63, 3.8) is 0 Å². The zero-order chi connectivity index (χ0) is 13.1. The van der Waals surface area contributed by atoms with Gasteiger partial charge in [0.25, 0.3) is 0 Å². The number of carbonyl (C=O) groups excluding carboxylic acids is 1. The Kier molecular flexibility index (Phi) is 4.07. The first kappa shape index (κ1) is 13.5. The Morgan fingerprint density at radius 1 is 1.35 bits per heavy atom. The van der Waals surface area contributed by atoms with Gasteiger partial charge in [-0.25, -0.2) is 4.79 Å². The highest BCUT2D eigenvalue weighted by atomic mass is 16.6. The second-order valence-corrected chi connectivity index (χ2v) is 4.80. The van der Waals surface area contributed by atoms with Gasteiger partial charge in [0.15, 0.2) is 0 Å². The smallest absolute Gasteiger partial charge is 0.338 e. The van der Waals surface area contributed by atoms with Crippen LogP contribution < -0.4 is 0 Å². The molecule has 0 amide bonds. The Hall–Kier alpha value is -1.61. The number of hydrogen-bond acceptors (Lipinski definition) is 3. The minimum atomic E-state index is -0.547. The highest BCUT2D eigenvalue weighted by Crippen LogP contribution is 2.21. The summed E-state index contributed by atoms with van der Waals surface area (Å²) in [5.74, 6) is -0.460. The van der Waals surface area contributed by atoms with Crippen LogP contribution in [0.1, 0.15) is 31.9 Å². The SMILES string of the molecule is C=C(C(=O)OC(C)(C)C)c1ccccc1CO. The molecular formula is C14H18O3. The zero-order valence-electron chi connectivity index (χ0n) is 10.5. The van der Waals surface area contributed by atoms with Crippen molar-refractivity contribution in [3.05, 3.63) is 42.0 Å². The van der Waals surface area contributed by atoms with E-state index in [2.05, 4.69) is 6.58 Å². The number of carbonyl (C=O) groups is 1. The van der Waals surface area contributed by atoms with Gasteiger partial charge in [-0.1, -0.05) is 30.8 Å². The first-order chi connectivity index (χ1) is 7.85. The van der Waals surface area contributed by atoms with E-state index in [1.807, 2.05) is 0 Å². The van der Waals surface area contributed by atoms with Crippen LogP contribution >= 0.6 is 0 Å². The highest BCUT2D eigenvalue weighted by Gasteiger charge is 2.20. The van der Waals surface area contributed by atoms with Gasteiger partial charge < -0.3 is 9.84 Å². The molecule has 0 bridgehead atoms. The van der Waals surface area contributed by atoms with Gasteiger partial charge in [0.05, 0.1) is 12.2 Å². The number of aliphatic hydroxyl groups is 1. The summed E-state index contributed by atoms with van der Waals surface area (Å²) in [5, 5.41) is 9.19. The number of esters is 1. The molecule has 3 heteroatoms. The van der Waals surface area contributed by atoms with Crippen molar-refractivity contribution in [1.82, 2.24) is 0 Å². The number of benzene rings is 1. The van der Waals surface area contributed by atoms with E-state index < -0.39 is 11.6 Å². The zero-order valence-corrected chi connectivity index (χ0v) is 10.5. The van der Waals surface area contributed by atoms with Gasteiger partial charge in [-0.05, 0) is 31.9 Å². The first-order valence-electron chi connectivity index (χ1n) is 5.46. The van der Waals surface area contributed by atoms with Crippen LogP contribution in [-0.2, 0) is 16.1 Å². The maximum atomic E-state index is 11.8. The lowest BCUT2D eigenvalue weighted by molar-refractivity contribution is -0.147. The van der Waals surface area contributed by atoms with E-state index in [1.54, 1.807) is 45.0 Å². The van der Waals surface area contributed by atoms with E-state index in [0.717, 1.165) is 0 Å². The molecule has 0 aliphatic heterocycles. The molecule has 0 aromatic heterocycles. The third kappa shape index (κ3) is 3.71. The summed E-state index contributed by atoms with van der Waals surface area (Å²) < 4.78 is 5.23. The molecule has 0 heterocycles. The molecule has 1 aromatic rings. The standard InChI is InChI=1S/C14H18O3/c1-10(13(16)17-14(2,3)4)12-8-6-5-7-11(12)9-15/h5-8,15H,1,9H2,2-4H3. The monoisotopic (exact) mass is 234 g/mol. The molecule has 0 fully saturated rings. The molecule has 0 atom stereocenters. The number of aliphatic hydroxyl groups excluding tert-OH is 1. The van der Waals surface area contributed by atoms with Crippen LogP contribution in [0.2, 0.25) is 0 Å². The number of ether oxygens (including phenoxy) is 1. The summed E-state index contributed by atoms with van der Waals surface area (Å²) in [6.07, 6.45) is 0. The fourth-order valence-electron chi connectivity index (χ4n) is 1.40. The predicted molar refractivity (Wildman–Crippen MR) is 67.2 cm³/mol. The summed E-state index contributed by atoms with van der Waals surface area (Å²) in [5.41, 5.74) is 1.02. The second kappa shape index (κ2) is 5.15. The van der Waals surface area contributed by atoms with Crippen LogP contribution in [-0.4, -0.2) is 16.7 Å². The van der Waals surface area contributed by atoms with Gasteiger partial charge >= 0.3 is 5.97 Å². The van der Waals surface area contributed by atoms with E-state index in [4.69, 9.17) is 4.74 Å². The first-order valence-corrected chi connectivity index (χ1v) is 5.46. The lowest BCUT2D eigenvalue weighted by Gasteiger charge is -2.20. The van der Waals surface area contributed by atoms with E-state index >= 15 is 0 Å². The van der Waals surface area contributed by atoms with Crippen LogP contribution in [0.4, 0.5) is 0 Å². The van der Waals surface area contributed by atoms with Crippen molar-refractivity contribution in [2.45, 2.75) is 33.0 Å². The topological polar surface area (TPSA) is 46.5 Å². The van der Waals surface area contributed by atoms with Crippen molar-refractivity contribution >= 4 is 11.5 Å². The third-order valence-electron chi connectivity index (χ3n) is 2.16. The molecule has 0 saturated heterocycles. The lowest BCUT2D eigenvalue weighted by atomic mass is 10.0.